The van der Waals surface area contributed by atoms with Crippen LogP contribution < -0.4 is 18.9 Å². The van der Waals surface area contributed by atoms with E-state index >= 15 is 0 Å². The van der Waals surface area contributed by atoms with Gasteiger partial charge < -0.3 is 18.9 Å². The van der Waals surface area contributed by atoms with Gasteiger partial charge in [-0.05, 0) is 43.3 Å². The third kappa shape index (κ3) is 5.77. The molecule has 10 heteroatoms. The van der Waals surface area contributed by atoms with E-state index < -0.39 is 10.4 Å². The highest BCUT2D eigenvalue weighted by molar-refractivity contribution is 8.03. The highest BCUT2D eigenvalue weighted by Gasteiger charge is 2.24. The minimum Gasteiger partial charge on any atom is -0.726 e. The van der Waals surface area contributed by atoms with Crippen LogP contribution in [0.15, 0.2) is 58.5 Å². The summed E-state index contributed by atoms with van der Waals surface area (Å²) in [5.74, 6) is 1.80. The van der Waals surface area contributed by atoms with Crippen LogP contribution in [0.3, 0.4) is 0 Å². The lowest BCUT2D eigenvalue weighted by Gasteiger charge is -2.13. The summed E-state index contributed by atoms with van der Waals surface area (Å²) in [5.41, 5.74) is 3.42. The van der Waals surface area contributed by atoms with E-state index in [2.05, 4.69) is 64.2 Å². The number of benzene rings is 2. The van der Waals surface area contributed by atoms with Crippen LogP contribution in [0.1, 0.15) is 12.6 Å². The molecule has 0 N–H and O–H groups in total. The summed E-state index contributed by atoms with van der Waals surface area (Å²) in [6, 6.07) is 16.7. The van der Waals surface area contributed by atoms with E-state index in [0.717, 1.165) is 35.2 Å². The van der Waals surface area contributed by atoms with Crippen molar-refractivity contribution >= 4 is 44.8 Å². The molecule has 0 fully saturated rings. The van der Waals surface area contributed by atoms with Gasteiger partial charge in [0, 0.05) is 24.1 Å². The Morgan fingerprint density at radius 1 is 1.15 bits per heavy atom. The smallest absolute Gasteiger partial charge is 0.255 e. The molecule has 33 heavy (non-hydrogen) atoms. The van der Waals surface area contributed by atoms with Crippen molar-refractivity contribution in [1.29, 1.82) is 0 Å². The third-order valence-electron chi connectivity index (χ3n) is 5.03. The zero-order chi connectivity index (χ0) is 24.2. The topological polar surface area (TPSA) is 92.0 Å². The molecule has 2 heterocycles. The van der Waals surface area contributed by atoms with Gasteiger partial charge in [-0.15, -0.1) is 0 Å². The van der Waals surface area contributed by atoms with Crippen LogP contribution >= 0.6 is 11.8 Å². The van der Waals surface area contributed by atoms with Crippen LogP contribution in [0.4, 0.5) is 5.69 Å². The van der Waals surface area contributed by atoms with Crippen LogP contribution in [-0.4, -0.2) is 40.8 Å². The summed E-state index contributed by atoms with van der Waals surface area (Å²) in [6.45, 7) is 2.68. The van der Waals surface area contributed by atoms with Crippen LogP contribution in [0.2, 0.25) is 0 Å². The molecule has 0 aliphatic carbocycles. The molecule has 0 radical (unpaired) electrons. The second kappa shape index (κ2) is 10.4. The van der Waals surface area contributed by atoms with Crippen molar-refractivity contribution in [2.24, 2.45) is 7.05 Å². The van der Waals surface area contributed by atoms with Gasteiger partial charge in [0.05, 0.1) is 36.9 Å². The van der Waals surface area contributed by atoms with Gasteiger partial charge >= 0.3 is 0 Å². The fourth-order valence-corrected chi connectivity index (χ4v) is 4.55. The zero-order valence-corrected chi connectivity index (χ0v) is 20.7. The minimum absolute atomic E-state index is 0.677. The van der Waals surface area contributed by atoms with Crippen molar-refractivity contribution in [3.8, 4) is 11.5 Å². The first-order valence-electron chi connectivity index (χ1n) is 10.1. The van der Waals surface area contributed by atoms with Crippen molar-refractivity contribution in [1.82, 2.24) is 0 Å². The Kier molecular flexibility index (Phi) is 7.85. The highest BCUT2D eigenvalue weighted by Crippen LogP contribution is 2.47. The molecule has 1 aliphatic rings. The molecule has 0 saturated heterocycles. The molecule has 0 saturated carbocycles. The SMILES string of the molecule is CCOc1ccc2c(c1)S/C(=C\c1ccc3cccc(OC)c3[n+]1C)N2C.COS(=O)(=O)[O-]. The summed E-state index contributed by atoms with van der Waals surface area (Å²) >= 11 is 1.77. The molecule has 1 aromatic heterocycles. The fourth-order valence-electron chi connectivity index (χ4n) is 3.42. The Balaban J connectivity index is 0.000000454. The number of methoxy groups -OCH3 is 1. The number of rotatable bonds is 5. The van der Waals surface area contributed by atoms with Gasteiger partial charge in [-0.2, -0.15) is 4.57 Å². The van der Waals surface area contributed by atoms with Crippen molar-refractivity contribution in [2.45, 2.75) is 11.8 Å². The predicted octanol–water partition coefficient (Wildman–Crippen LogP) is 3.71. The van der Waals surface area contributed by atoms with Gasteiger partial charge in [-0.3, -0.25) is 4.18 Å². The van der Waals surface area contributed by atoms with E-state index in [0.29, 0.717) is 6.61 Å². The lowest BCUT2D eigenvalue weighted by Crippen LogP contribution is -2.33. The molecule has 3 aromatic rings. The summed E-state index contributed by atoms with van der Waals surface area (Å²) in [7, 11) is 2.30. The standard InChI is InChI=1S/C22H23N2O2S.CH4O4S/c1-5-26-17-11-12-18-20(14-17)27-21(24(18)3)13-16-10-9-15-7-6-8-19(25-4)22(15)23(16)2;1-5-6(2,3)4/h6-14H,5H2,1-4H3;1H3,(H,2,3,4)/q+1;/p-1. The first kappa shape index (κ1) is 24.8. The number of thioether (sulfide) groups is 1. The number of nitrogens with zero attached hydrogens (tertiary/aromatic N) is 2. The number of hydrogen-bond donors (Lipinski definition) is 0. The van der Waals surface area contributed by atoms with Crippen molar-refractivity contribution < 1.29 is 31.2 Å². The Hall–Kier alpha value is -2.79. The van der Waals surface area contributed by atoms with Crippen molar-refractivity contribution in [2.75, 3.05) is 32.8 Å². The predicted molar refractivity (Wildman–Crippen MR) is 128 cm³/mol. The minimum atomic E-state index is -4.41. The summed E-state index contributed by atoms with van der Waals surface area (Å²) in [5, 5.41) is 2.35. The third-order valence-corrected chi connectivity index (χ3v) is 6.59. The van der Waals surface area contributed by atoms with E-state index in [-0.39, 0.29) is 0 Å². The summed E-state index contributed by atoms with van der Waals surface area (Å²) in [6.07, 6.45) is 2.22. The largest absolute Gasteiger partial charge is 0.726 e. The number of ether oxygens (including phenoxy) is 2. The molecular formula is C23H26N2O6S2. The van der Waals surface area contributed by atoms with Crippen LogP contribution in [0.5, 0.6) is 11.5 Å². The number of hydrogen-bond acceptors (Lipinski definition) is 8. The molecule has 2 aromatic carbocycles. The van der Waals surface area contributed by atoms with E-state index in [1.807, 2.05) is 25.1 Å². The molecule has 0 atom stereocenters. The molecule has 8 nitrogen and oxygen atoms in total. The van der Waals surface area contributed by atoms with E-state index in [4.69, 9.17) is 9.47 Å². The van der Waals surface area contributed by atoms with Crippen molar-refractivity contribution in [3.05, 3.63) is 59.3 Å². The number of para-hydroxylation sites is 1. The number of aryl methyl sites for hydroxylation is 1. The van der Waals surface area contributed by atoms with Gasteiger partial charge in [-0.1, -0.05) is 17.8 Å². The van der Waals surface area contributed by atoms with Gasteiger partial charge in [-0.25, -0.2) is 8.42 Å². The second-order valence-electron chi connectivity index (χ2n) is 7.00. The molecule has 0 unspecified atom stereocenters. The van der Waals surface area contributed by atoms with Gasteiger partial charge in [0.2, 0.25) is 16.1 Å². The summed E-state index contributed by atoms with van der Waals surface area (Å²) < 4.78 is 44.4. The Morgan fingerprint density at radius 3 is 2.52 bits per heavy atom. The first-order chi connectivity index (χ1) is 15.7. The lowest BCUT2D eigenvalue weighted by molar-refractivity contribution is -0.646. The van der Waals surface area contributed by atoms with Crippen molar-refractivity contribution in [3.63, 3.8) is 0 Å². The Morgan fingerprint density at radius 2 is 1.88 bits per heavy atom. The lowest BCUT2D eigenvalue weighted by atomic mass is 10.1. The van der Waals surface area contributed by atoms with Gasteiger partial charge in [0.1, 0.15) is 12.8 Å². The normalized spacial score (nSPS) is 14.1. The van der Waals surface area contributed by atoms with E-state index in [9.17, 15) is 13.0 Å². The highest BCUT2D eigenvalue weighted by atomic mass is 32.3. The van der Waals surface area contributed by atoms with Gasteiger partial charge in [0.15, 0.2) is 5.75 Å². The van der Waals surface area contributed by atoms with Crippen LogP contribution in [-0.2, 0) is 21.6 Å². The molecule has 176 valence electrons. The summed E-state index contributed by atoms with van der Waals surface area (Å²) in [4.78, 5) is 3.44. The number of fused-ring (bicyclic) bond motifs is 2. The van der Waals surface area contributed by atoms with Crippen LogP contribution in [0, 0.1) is 0 Å². The second-order valence-corrected chi connectivity index (χ2v) is 9.21. The van der Waals surface area contributed by atoms with E-state index in [1.54, 1.807) is 18.9 Å². The van der Waals surface area contributed by atoms with Gasteiger partial charge in [0.25, 0.3) is 5.52 Å². The molecule has 0 bridgehead atoms. The maximum atomic E-state index is 9.22. The maximum Gasteiger partial charge on any atom is 0.255 e. The number of aromatic nitrogens is 1. The van der Waals surface area contributed by atoms with E-state index in [1.165, 1.54) is 15.6 Å². The van der Waals surface area contributed by atoms with Crippen LogP contribution in [0.25, 0.3) is 17.0 Å². The first-order valence-corrected chi connectivity index (χ1v) is 12.2. The number of pyridine rings is 1. The quantitative estimate of drug-likeness (QED) is 0.304. The molecule has 4 rings (SSSR count). The average molecular weight is 491 g/mol. The molecule has 0 spiro atoms. The fraction of sp³-hybridized carbons (Fsp3) is 0.261. The Bertz CT molecular complexity index is 1290. The zero-order valence-electron chi connectivity index (χ0n) is 19.1. The number of anilines is 1. The monoisotopic (exact) mass is 490 g/mol. The molecule has 1 aliphatic heterocycles. The maximum absolute atomic E-state index is 9.22. The average Bonchev–Trinajstić information content (AvgIpc) is 3.10. The molecule has 0 amide bonds. The Labute approximate surface area is 198 Å². The molecular weight excluding hydrogens is 464 g/mol.